The van der Waals surface area contributed by atoms with Gasteiger partial charge in [-0.05, 0) is 18.6 Å². The third-order valence-corrected chi connectivity index (χ3v) is 3.54. The Morgan fingerprint density at radius 1 is 1.58 bits per heavy atom. The predicted molar refractivity (Wildman–Crippen MR) is 50.3 cm³/mol. The Morgan fingerprint density at radius 2 is 2.17 bits per heavy atom. The molecular formula is C8H15NO2S. The van der Waals surface area contributed by atoms with Crippen molar-refractivity contribution in [1.29, 1.82) is 0 Å². The van der Waals surface area contributed by atoms with E-state index in [0.717, 1.165) is 5.75 Å². The molecule has 0 amide bonds. The topological polar surface area (TPSA) is 63.3 Å². The summed E-state index contributed by atoms with van der Waals surface area (Å²) in [6, 6.07) is 0. The second-order valence-electron chi connectivity index (χ2n) is 4.00. The predicted octanol–water partition coefficient (Wildman–Crippen LogP) is 1.07. The first-order chi connectivity index (χ1) is 5.36. The van der Waals surface area contributed by atoms with E-state index < -0.39 is 11.5 Å². The van der Waals surface area contributed by atoms with Crippen LogP contribution < -0.4 is 5.73 Å². The van der Waals surface area contributed by atoms with Crippen LogP contribution in [0.4, 0.5) is 0 Å². The van der Waals surface area contributed by atoms with E-state index in [1.54, 1.807) is 11.8 Å². The van der Waals surface area contributed by atoms with Crippen molar-refractivity contribution >= 4 is 17.7 Å². The Balaban J connectivity index is 2.74. The lowest BCUT2D eigenvalue weighted by molar-refractivity contribution is -0.144. The highest BCUT2D eigenvalue weighted by molar-refractivity contribution is 8.00. The number of thioether (sulfide) groups is 1. The molecule has 1 heterocycles. The van der Waals surface area contributed by atoms with Crippen molar-refractivity contribution in [2.24, 2.45) is 5.73 Å². The molecule has 0 aromatic heterocycles. The third kappa shape index (κ3) is 1.93. The van der Waals surface area contributed by atoms with Gasteiger partial charge in [0, 0.05) is 4.75 Å². The number of rotatable bonds is 1. The third-order valence-electron chi connectivity index (χ3n) is 2.21. The van der Waals surface area contributed by atoms with Gasteiger partial charge in [0.05, 0.1) is 0 Å². The van der Waals surface area contributed by atoms with E-state index in [0.29, 0.717) is 12.8 Å². The summed E-state index contributed by atoms with van der Waals surface area (Å²) in [7, 11) is 0. The molecule has 0 aromatic carbocycles. The number of carboxylic acids is 1. The van der Waals surface area contributed by atoms with E-state index in [9.17, 15) is 4.79 Å². The van der Waals surface area contributed by atoms with Crippen molar-refractivity contribution in [2.45, 2.75) is 37.0 Å². The van der Waals surface area contributed by atoms with E-state index >= 15 is 0 Å². The maximum absolute atomic E-state index is 10.8. The molecule has 1 aliphatic heterocycles. The normalized spacial score (nSPS) is 34.6. The average molecular weight is 189 g/mol. The number of aliphatic carboxylic acids is 1. The summed E-state index contributed by atoms with van der Waals surface area (Å²) in [5.74, 6) is -0.0219. The first-order valence-corrected chi connectivity index (χ1v) is 5.01. The van der Waals surface area contributed by atoms with Crippen LogP contribution in [0.25, 0.3) is 0 Å². The van der Waals surface area contributed by atoms with Crippen LogP contribution in [0.2, 0.25) is 0 Å². The molecule has 3 nitrogen and oxygen atoms in total. The lowest BCUT2D eigenvalue weighted by Crippen LogP contribution is -2.54. The standard InChI is InChI=1S/C8H15NO2S/c1-7(2)5-8(9,6(10)11)3-4-12-7/h3-5,9H2,1-2H3,(H,10,11). The minimum absolute atomic E-state index is 0.00535. The van der Waals surface area contributed by atoms with Crippen LogP contribution >= 0.6 is 11.8 Å². The van der Waals surface area contributed by atoms with Gasteiger partial charge < -0.3 is 10.8 Å². The molecule has 1 aliphatic rings. The smallest absolute Gasteiger partial charge is 0.323 e. The molecule has 70 valence electrons. The van der Waals surface area contributed by atoms with E-state index in [1.165, 1.54) is 0 Å². The highest BCUT2D eigenvalue weighted by Gasteiger charge is 2.43. The van der Waals surface area contributed by atoms with Gasteiger partial charge in [-0.3, -0.25) is 4.79 Å². The second-order valence-corrected chi connectivity index (χ2v) is 5.80. The molecule has 1 saturated heterocycles. The van der Waals surface area contributed by atoms with Crippen molar-refractivity contribution in [3.05, 3.63) is 0 Å². The van der Waals surface area contributed by atoms with Gasteiger partial charge in [0.2, 0.25) is 0 Å². The zero-order valence-electron chi connectivity index (χ0n) is 7.46. The number of nitrogens with two attached hydrogens (primary N) is 1. The summed E-state index contributed by atoms with van der Waals surface area (Å²) in [6.07, 6.45) is 1.14. The van der Waals surface area contributed by atoms with Crippen LogP contribution in [-0.4, -0.2) is 27.1 Å². The van der Waals surface area contributed by atoms with Crippen molar-refractivity contribution < 1.29 is 9.90 Å². The quantitative estimate of drug-likeness (QED) is 0.647. The first-order valence-electron chi connectivity index (χ1n) is 4.02. The first kappa shape index (κ1) is 9.86. The molecule has 0 saturated carbocycles. The molecule has 1 unspecified atom stereocenters. The number of hydrogen-bond acceptors (Lipinski definition) is 3. The fourth-order valence-corrected chi connectivity index (χ4v) is 2.97. The molecule has 3 N–H and O–H groups in total. The summed E-state index contributed by atoms with van der Waals surface area (Å²) in [5.41, 5.74) is 4.77. The van der Waals surface area contributed by atoms with Gasteiger partial charge in [0.1, 0.15) is 5.54 Å². The maximum atomic E-state index is 10.8. The Bertz CT molecular complexity index is 205. The van der Waals surface area contributed by atoms with Crippen molar-refractivity contribution in [3.63, 3.8) is 0 Å². The van der Waals surface area contributed by atoms with Gasteiger partial charge in [-0.1, -0.05) is 13.8 Å². The van der Waals surface area contributed by atoms with Crippen LogP contribution in [0.1, 0.15) is 26.7 Å². The van der Waals surface area contributed by atoms with Gasteiger partial charge in [0.15, 0.2) is 0 Å². The Hall–Kier alpha value is -0.220. The van der Waals surface area contributed by atoms with Crippen molar-refractivity contribution in [1.82, 2.24) is 0 Å². The number of carboxylic acid groups (broad SMARTS) is 1. The zero-order chi connectivity index (χ0) is 9.41. The van der Waals surface area contributed by atoms with E-state index in [1.807, 2.05) is 13.8 Å². The summed E-state index contributed by atoms with van der Waals surface area (Å²) in [6.45, 7) is 4.09. The number of hydrogen-bond donors (Lipinski definition) is 2. The number of carbonyl (C=O) groups is 1. The molecular weight excluding hydrogens is 174 g/mol. The second kappa shape index (κ2) is 2.92. The summed E-state index contributed by atoms with van der Waals surface area (Å²) < 4.78 is 0.00535. The van der Waals surface area contributed by atoms with Crippen LogP contribution in [0.3, 0.4) is 0 Å². The lowest BCUT2D eigenvalue weighted by atomic mass is 9.86. The van der Waals surface area contributed by atoms with Crippen LogP contribution in [-0.2, 0) is 4.79 Å². The van der Waals surface area contributed by atoms with E-state index in [4.69, 9.17) is 10.8 Å². The highest BCUT2D eigenvalue weighted by Crippen LogP contribution is 2.39. The zero-order valence-corrected chi connectivity index (χ0v) is 8.28. The highest BCUT2D eigenvalue weighted by atomic mass is 32.2. The average Bonchev–Trinajstić information content (AvgIpc) is 1.83. The molecule has 0 radical (unpaired) electrons. The maximum Gasteiger partial charge on any atom is 0.323 e. The molecule has 0 aromatic rings. The van der Waals surface area contributed by atoms with Crippen LogP contribution in [0.5, 0.6) is 0 Å². The summed E-state index contributed by atoms with van der Waals surface area (Å²) >= 11 is 1.80. The Kier molecular flexibility index (Phi) is 2.40. The molecule has 1 fully saturated rings. The van der Waals surface area contributed by atoms with E-state index in [-0.39, 0.29) is 4.75 Å². The minimum Gasteiger partial charge on any atom is -0.480 e. The molecule has 0 aliphatic carbocycles. The van der Waals surface area contributed by atoms with Gasteiger partial charge in [-0.15, -0.1) is 0 Å². The van der Waals surface area contributed by atoms with Gasteiger partial charge in [-0.25, -0.2) is 0 Å². The SMILES string of the molecule is CC1(C)CC(N)(C(=O)O)CCS1. The van der Waals surface area contributed by atoms with Crippen molar-refractivity contribution in [2.75, 3.05) is 5.75 Å². The molecule has 12 heavy (non-hydrogen) atoms. The molecule has 0 bridgehead atoms. The van der Waals surface area contributed by atoms with Gasteiger partial charge >= 0.3 is 5.97 Å². The summed E-state index contributed by atoms with van der Waals surface area (Å²) in [4.78, 5) is 10.8. The van der Waals surface area contributed by atoms with Gasteiger partial charge in [-0.2, -0.15) is 11.8 Å². The molecule has 1 rings (SSSR count). The largest absolute Gasteiger partial charge is 0.480 e. The van der Waals surface area contributed by atoms with Gasteiger partial charge in [0.25, 0.3) is 0 Å². The fourth-order valence-electron chi connectivity index (χ4n) is 1.59. The minimum atomic E-state index is -0.991. The Labute approximate surface area is 76.7 Å². The lowest BCUT2D eigenvalue weighted by Gasteiger charge is -2.39. The Morgan fingerprint density at radius 3 is 2.50 bits per heavy atom. The van der Waals surface area contributed by atoms with E-state index in [2.05, 4.69) is 0 Å². The van der Waals surface area contributed by atoms with Crippen LogP contribution in [0.15, 0.2) is 0 Å². The summed E-state index contributed by atoms with van der Waals surface area (Å²) in [5, 5.41) is 8.90. The van der Waals surface area contributed by atoms with Crippen molar-refractivity contribution in [3.8, 4) is 0 Å². The molecule has 1 atom stereocenters. The molecule has 4 heteroatoms. The molecule has 0 spiro atoms. The monoisotopic (exact) mass is 189 g/mol. The fraction of sp³-hybridized carbons (Fsp3) is 0.875. The van der Waals surface area contributed by atoms with Crippen LogP contribution in [0, 0.1) is 0 Å².